The van der Waals surface area contributed by atoms with Crippen LogP contribution in [0.5, 0.6) is 0 Å². The van der Waals surface area contributed by atoms with Crippen LogP contribution in [0.3, 0.4) is 0 Å². The molecule has 120 valence electrons. The first-order valence-corrected chi connectivity index (χ1v) is 8.50. The smallest absolute Gasteiger partial charge is 0.0721 e. The van der Waals surface area contributed by atoms with E-state index in [0.717, 1.165) is 38.5 Å². The molecule has 0 saturated heterocycles. The lowest BCUT2D eigenvalue weighted by molar-refractivity contribution is 0.143. The topological polar surface area (TPSA) is 60.7 Å². The van der Waals surface area contributed by atoms with Gasteiger partial charge in [-0.3, -0.25) is 0 Å². The van der Waals surface area contributed by atoms with Crippen molar-refractivity contribution in [3.8, 4) is 0 Å². The predicted octanol–water partition coefficient (Wildman–Crippen LogP) is 2.81. The van der Waals surface area contributed by atoms with Crippen LogP contribution in [0.25, 0.3) is 0 Å². The molecule has 5 atom stereocenters. The molecule has 0 unspecified atom stereocenters. The van der Waals surface area contributed by atoms with Crippen LogP contribution in [0, 0.1) is 17.8 Å². The lowest BCUT2D eigenvalue weighted by atomic mass is 9.91. The maximum atomic E-state index is 10.2. The van der Waals surface area contributed by atoms with Gasteiger partial charge in [0.25, 0.3) is 0 Å². The number of hydrogen-bond acceptors (Lipinski definition) is 3. The molecule has 0 spiro atoms. The first-order valence-electron chi connectivity index (χ1n) is 8.50. The molecule has 3 N–H and O–H groups in total. The summed E-state index contributed by atoms with van der Waals surface area (Å²) in [5, 5.41) is 29.3. The summed E-state index contributed by atoms with van der Waals surface area (Å²) >= 11 is 0. The summed E-state index contributed by atoms with van der Waals surface area (Å²) in [6.07, 6.45) is 12.3. The molecule has 0 aliphatic heterocycles. The zero-order valence-electron chi connectivity index (χ0n) is 13.1. The summed E-state index contributed by atoms with van der Waals surface area (Å²) < 4.78 is 0. The van der Waals surface area contributed by atoms with Gasteiger partial charge < -0.3 is 15.3 Å². The van der Waals surface area contributed by atoms with Crippen LogP contribution < -0.4 is 0 Å². The highest BCUT2D eigenvalue weighted by molar-refractivity contribution is 5.21. The second kappa shape index (κ2) is 8.11. The van der Waals surface area contributed by atoms with Gasteiger partial charge in [0.2, 0.25) is 0 Å². The largest absolute Gasteiger partial charge is 0.396 e. The van der Waals surface area contributed by atoms with E-state index in [1.54, 1.807) is 0 Å². The maximum Gasteiger partial charge on any atom is 0.0721 e. The summed E-state index contributed by atoms with van der Waals surface area (Å²) in [6.45, 7) is 2.37. The third kappa shape index (κ3) is 4.41. The Hall–Kier alpha value is -0.640. The maximum absolute atomic E-state index is 10.2. The van der Waals surface area contributed by atoms with E-state index in [1.807, 2.05) is 12.2 Å². The number of allylic oxidation sites excluding steroid dienone is 1. The molecule has 2 rings (SSSR count). The summed E-state index contributed by atoms with van der Waals surface area (Å²) in [6, 6.07) is 0. The monoisotopic (exact) mass is 294 g/mol. The highest BCUT2D eigenvalue weighted by Gasteiger charge is 2.42. The Morgan fingerprint density at radius 1 is 1.38 bits per heavy atom. The van der Waals surface area contributed by atoms with Crippen LogP contribution in [-0.2, 0) is 0 Å². The van der Waals surface area contributed by atoms with Crippen LogP contribution in [0.15, 0.2) is 23.8 Å². The standard InChI is InChI=1S/C18H30O3/c1-2-3-4-5-15(20)6-7-16-17-11-13(8-9-19)10-14(17)12-18(16)21/h6-7,11,14-21H,2-5,8-10,12H2,1H3/b7-6+/t14-,15-,16+,17-,18+/m0/s1. The van der Waals surface area contributed by atoms with Gasteiger partial charge in [-0.1, -0.05) is 50.0 Å². The van der Waals surface area contributed by atoms with Crippen molar-refractivity contribution in [1.29, 1.82) is 0 Å². The average Bonchev–Trinajstić information content (AvgIpc) is 2.94. The van der Waals surface area contributed by atoms with Gasteiger partial charge in [0.1, 0.15) is 0 Å². The van der Waals surface area contributed by atoms with E-state index in [0.29, 0.717) is 11.8 Å². The van der Waals surface area contributed by atoms with Crippen LogP contribution in [0.2, 0.25) is 0 Å². The Bertz CT molecular complexity index is 375. The van der Waals surface area contributed by atoms with Gasteiger partial charge in [-0.25, -0.2) is 0 Å². The van der Waals surface area contributed by atoms with Crippen LogP contribution in [0.1, 0.15) is 51.9 Å². The summed E-state index contributed by atoms with van der Waals surface area (Å²) in [5.41, 5.74) is 1.33. The second-order valence-electron chi connectivity index (χ2n) is 6.67. The molecule has 0 bridgehead atoms. The molecular weight excluding hydrogens is 264 g/mol. The van der Waals surface area contributed by atoms with Gasteiger partial charge >= 0.3 is 0 Å². The van der Waals surface area contributed by atoms with E-state index in [9.17, 15) is 10.2 Å². The van der Waals surface area contributed by atoms with Crippen molar-refractivity contribution in [2.45, 2.75) is 64.1 Å². The van der Waals surface area contributed by atoms with Gasteiger partial charge in [0.15, 0.2) is 0 Å². The number of unbranched alkanes of at least 4 members (excludes halogenated alkanes) is 2. The highest BCUT2D eigenvalue weighted by atomic mass is 16.3. The van der Waals surface area contributed by atoms with Crippen LogP contribution >= 0.6 is 0 Å². The zero-order valence-corrected chi connectivity index (χ0v) is 13.1. The van der Waals surface area contributed by atoms with Gasteiger partial charge in [0, 0.05) is 12.5 Å². The van der Waals surface area contributed by atoms with E-state index in [-0.39, 0.29) is 24.7 Å². The molecule has 3 nitrogen and oxygen atoms in total. The number of hydrogen-bond donors (Lipinski definition) is 3. The minimum absolute atomic E-state index is 0.131. The minimum Gasteiger partial charge on any atom is -0.396 e. The molecule has 1 saturated carbocycles. The Morgan fingerprint density at radius 3 is 2.90 bits per heavy atom. The van der Waals surface area contributed by atoms with E-state index in [1.165, 1.54) is 12.0 Å². The Labute approximate surface area is 128 Å². The summed E-state index contributed by atoms with van der Waals surface area (Å²) in [5.74, 6) is 1.04. The fourth-order valence-corrected chi connectivity index (χ4v) is 3.88. The van der Waals surface area contributed by atoms with E-state index in [2.05, 4.69) is 13.0 Å². The Balaban J connectivity index is 1.89. The van der Waals surface area contributed by atoms with E-state index < -0.39 is 0 Å². The van der Waals surface area contributed by atoms with Gasteiger partial charge in [-0.2, -0.15) is 0 Å². The molecule has 0 heterocycles. The first-order chi connectivity index (χ1) is 10.2. The van der Waals surface area contributed by atoms with E-state index >= 15 is 0 Å². The van der Waals surface area contributed by atoms with Crippen molar-refractivity contribution < 1.29 is 15.3 Å². The molecule has 2 aliphatic rings. The SMILES string of the molecule is CCCCC[C@H](O)/C=C/[C@@H]1[C@H]2C=C(CCO)C[C@H]2C[C@H]1O. The summed E-state index contributed by atoms with van der Waals surface area (Å²) in [4.78, 5) is 0. The van der Waals surface area contributed by atoms with Gasteiger partial charge in [-0.05, 0) is 37.5 Å². The van der Waals surface area contributed by atoms with Crippen LogP contribution in [0.4, 0.5) is 0 Å². The quantitative estimate of drug-likeness (QED) is 0.476. The Kier molecular flexibility index (Phi) is 6.46. The van der Waals surface area contributed by atoms with Crippen LogP contribution in [-0.4, -0.2) is 34.1 Å². The summed E-state index contributed by atoms with van der Waals surface area (Å²) in [7, 11) is 0. The molecule has 0 aromatic heterocycles. The molecule has 0 aromatic rings. The minimum atomic E-state index is -0.384. The number of rotatable bonds is 8. The predicted molar refractivity (Wildman–Crippen MR) is 84.8 cm³/mol. The zero-order chi connectivity index (χ0) is 15.2. The van der Waals surface area contributed by atoms with Crippen molar-refractivity contribution in [1.82, 2.24) is 0 Å². The highest BCUT2D eigenvalue weighted by Crippen LogP contribution is 2.47. The van der Waals surface area contributed by atoms with Crippen molar-refractivity contribution in [3.05, 3.63) is 23.8 Å². The average molecular weight is 294 g/mol. The van der Waals surface area contributed by atoms with Gasteiger partial charge in [0.05, 0.1) is 12.2 Å². The molecule has 0 radical (unpaired) electrons. The molecule has 0 aromatic carbocycles. The normalized spacial score (nSPS) is 33.4. The number of aliphatic hydroxyl groups excluding tert-OH is 3. The molecule has 3 heteroatoms. The fourth-order valence-electron chi connectivity index (χ4n) is 3.88. The number of fused-ring (bicyclic) bond motifs is 1. The van der Waals surface area contributed by atoms with Gasteiger partial charge in [-0.15, -0.1) is 0 Å². The number of aliphatic hydroxyl groups is 3. The second-order valence-corrected chi connectivity index (χ2v) is 6.67. The molecule has 1 fully saturated rings. The third-order valence-corrected chi connectivity index (χ3v) is 5.02. The Morgan fingerprint density at radius 2 is 2.19 bits per heavy atom. The third-order valence-electron chi connectivity index (χ3n) is 5.02. The van der Waals surface area contributed by atoms with Crippen molar-refractivity contribution in [3.63, 3.8) is 0 Å². The fraction of sp³-hybridized carbons (Fsp3) is 0.778. The lowest BCUT2D eigenvalue weighted by Crippen LogP contribution is -2.16. The molecule has 0 amide bonds. The first kappa shape index (κ1) is 16.7. The van der Waals surface area contributed by atoms with Crippen molar-refractivity contribution >= 4 is 0 Å². The molecular formula is C18H30O3. The van der Waals surface area contributed by atoms with Crippen molar-refractivity contribution in [2.75, 3.05) is 6.61 Å². The molecule has 21 heavy (non-hydrogen) atoms. The molecule has 2 aliphatic carbocycles. The lowest BCUT2D eigenvalue weighted by Gasteiger charge is -2.16. The van der Waals surface area contributed by atoms with Crippen molar-refractivity contribution in [2.24, 2.45) is 17.8 Å². The van der Waals surface area contributed by atoms with E-state index in [4.69, 9.17) is 5.11 Å².